The fraction of sp³-hybridized carbons (Fsp3) is 0.533. The van der Waals surface area contributed by atoms with Crippen molar-refractivity contribution >= 4 is 11.6 Å². The first-order valence-electron chi connectivity index (χ1n) is 7.12. The van der Waals surface area contributed by atoms with Crippen LogP contribution < -0.4 is 10.6 Å². The van der Waals surface area contributed by atoms with E-state index in [0.717, 1.165) is 38.1 Å². The number of amides is 1. The lowest BCUT2D eigenvalue weighted by Gasteiger charge is -2.28. The van der Waals surface area contributed by atoms with Gasteiger partial charge >= 0.3 is 0 Å². The summed E-state index contributed by atoms with van der Waals surface area (Å²) in [5.41, 5.74) is -0.0645. The summed E-state index contributed by atoms with van der Waals surface area (Å²) < 4.78 is 39.0. The highest BCUT2D eigenvalue weighted by molar-refractivity contribution is 5.90. The normalized spacial score (nSPS) is 20.1. The van der Waals surface area contributed by atoms with E-state index in [1.165, 1.54) is 0 Å². The van der Waals surface area contributed by atoms with E-state index < -0.39 is 17.5 Å². The van der Waals surface area contributed by atoms with Crippen LogP contribution in [0.4, 0.5) is 18.9 Å². The van der Waals surface area contributed by atoms with Crippen molar-refractivity contribution < 1.29 is 18.0 Å². The van der Waals surface area contributed by atoms with Gasteiger partial charge in [0.15, 0.2) is 17.5 Å². The van der Waals surface area contributed by atoms with Gasteiger partial charge in [-0.3, -0.25) is 4.79 Å². The second-order valence-corrected chi connectivity index (χ2v) is 5.59. The van der Waals surface area contributed by atoms with Crippen molar-refractivity contribution in [2.24, 2.45) is 11.8 Å². The maximum atomic E-state index is 13.1. The van der Waals surface area contributed by atoms with Crippen LogP contribution >= 0.6 is 0 Å². The number of hydrogen-bond acceptors (Lipinski definition) is 2. The van der Waals surface area contributed by atoms with Gasteiger partial charge in [0.05, 0.1) is 0 Å². The first-order valence-corrected chi connectivity index (χ1v) is 7.12. The number of carbonyl (C=O) groups excluding carboxylic acids is 1. The standard InChI is InChI=1S/C15H19F3N2O/c1-9(10-3-2-4-19-8-10)5-14(21)20-11-6-12(16)15(18)13(17)7-11/h6-7,9-10,19H,2-5,8H2,1H3,(H,20,21). The van der Waals surface area contributed by atoms with Gasteiger partial charge in [-0.25, -0.2) is 13.2 Å². The molecular weight excluding hydrogens is 281 g/mol. The molecule has 0 aromatic heterocycles. The van der Waals surface area contributed by atoms with Gasteiger partial charge in [0, 0.05) is 24.2 Å². The van der Waals surface area contributed by atoms with Crippen LogP contribution in [0.2, 0.25) is 0 Å². The lowest BCUT2D eigenvalue weighted by molar-refractivity contribution is -0.117. The largest absolute Gasteiger partial charge is 0.326 e. The Morgan fingerprint density at radius 2 is 2.05 bits per heavy atom. The fourth-order valence-electron chi connectivity index (χ4n) is 2.66. The van der Waals surface area contributed by atoms with Crippen molar-refractivity contribution in [3.05, 3.63) is 29.6 Å². The quantitative estimate of drug-likeness (QED) is 0.839. The molecular formula is C15H19F3N2O. The Morgan fingerprint density at radius 3 is 2.62 bits per heavy atom. The molecule has 2 rings (SSSR count). The molecule has 1 heterocycles. The van der Waals surface area contributed by atoms with E-state index in [1.54, 1.807) is 0 Å². The average Bonchev–Trinajstić information content (AvgIpc) is 2.45. The predicted octanol–water partition coefficient (Wildman–Crippen LogP) is 3.07. The molecule has 1 aromatic rings. The van der Waals surface area contributed by atoms with Crippen LogP contribution in [0.5, 0.6) is 0 Å². The van der Waals surface area contributed by atoms with Crippen molar-refractivity contribution in [2.45, 2.75) is 26.2 Å². The van der Waals surface area contributed by atoms with Gasteiger partial charge in [-0.15, -0.1) is 0 Å². The summed E-state index contributed by atoms with van der Waals surface area (Å²) in [6, 6.07) is 1.56. The van der Waals surface area contributed by atoms with Crippen LogP contribution in [0.3, 0.4) is 0 Å². The Labute approximate surface area is 121 Å². The number of rotatable bonds is 4. The van der Waals surface area contributed by atoms with Gasteiger partial charge in [0.25, 0.3) is 0 Å². The maximum absolute atomic E-state index is 13.1. The summed E-state index contributed by atoms with van der Waals surface area (Å²) in [6.45, 7) is 3.88. The minimum absolute atomic E-state index is 0.0645. The number of hydrogen-bond donors (Lipinski definition) is 2. The van der Waals surface area contributed by atoms with Gasteiger partial charge in [0.2, 0.25) is 5.91 Å². The smallest absolute Gasteiger partial charge is 0.224 e. The first-order chi connectivity index (χ1) is 9.97. The summed E-state index contributed by atoms with van der Waals surface area (Å²) in [7, 11) is 0. The van der Waals surface area contributed by atoms with Gasteiger partial charge in [0.1, 0.15) is 0 Å². The number of anilines is 1. The van der Waals surface area contributed by atoms with E-state index >= 15 is 0 Å². The summed E-state index contributed by atoms with van der Waals surface area (Å²) in [5.74, 6) is -3.88. The molecule has 0 spiro atoms. The topological polar surface area (TPSA) is 41.1 Å². The molecule has 3 nitrogen and oxygen atoms in total. The number of nitrogens with one attached hydrogen (secondary N) is 2. The maximum Gasteiger partial charge on any atom is 0.224 e. The highest BCUT2D eigenvalue weighted by Crippen LogP contribution is 2.23. The lowest BCUT2D eigenvalue weighted by Crippen LogP contribution is -2.34. The van der Waals surface area contributed by atoms with E-state index in [2.05, 4.69) is 10.6 Å². The predicted molar refractivity (Wildman–Crippen MR) is 74.3 cm³/mol. The van der Waals surface area contributed by atoms with Crippen molar-refractivity contribution in [3.8, 4) is 0 Å². The van der Waals surface area contributed by atoms with E-state index in [-0.39, 0.29) is 23.9 Å². The minimum Gasteiger partial charge on any atom is -0.326 e. The Hall–Kier alpha value is -1.56. The van der Waals surface area contributed by atoms with Crippen LogP contribution in [0.1, 0.15) is 26.2 Å². The Balaban J connectivity index is 1.92. The summed E-state index contributed by atoms with van der Waals surface area (Å²) in [6.07, 6.45) is 2.43. The molecule has 1 saturated heterocycles. The SMILES string of the molecule is CC(CC(=O)Nc1cc(F)c(F)c(F)c1)C1CCCNC1. The third-order valence-electron chi connectivity index (χ3n) is 3.91. The van der Waals surface area contributed by atoms with E-state index in [4.69, 9.17) is 0 Å². The third kappa shape index (κ3) is 4.20. The van der Waals surface area contributed by atoms with E-state index in [9.17, 15) is 18.0 Å². The number of piperidine rings is 1. The van der Waals surface area contributed by atoms with Crippen LogP contribution in [-0.4, -0.2) is 19.0 Å². The molecule has 2 N–H and O–H groups in total. The summed E-state index contributed by atoms with van der Waals surface area (Å²) >= 11 is 0. The molecule has 1 amide bonds. The van der Waals surface area contributed by atoms with Gasteiger partial charge in [-0.05, 0) is 37.8 Å². The average molecular weight is 300 g/mol. The zero-order valence-corrected chi connectivity index (χ0v) is 11.9. The van der Waals surface area contributed by atoms with Crippen LogP contribution in [-0.2, 0) is 4.79 Å². The molecule has 0 aliphatic carbocycles. The first kappa shape index (κ1) is 15.8. The molecule has 1 aliphatic heterocycles. The van der Waals surface area contributed by atoms with Gasteiger partial charge < -0.3 is 10.6 Å². The highest BCUT2D eigenvalue weighted by atomic mass is 19.2. The van der Waals surface area contributed by atoms with Gasteiger partial charge in [-0.2, -0.15) is 0 Å². The third-order valence-corrected chi connectivity index (χ3v) is 3.91. The molecule has 116 valence electrons. The number of benzene rings is 1. The second kappa shape index (κ2) is 6.93. The van der Waals surface area contributed by atoms with Crippen molar-refractivity contribution in [1.29, 1.82) is 0 Å². The zero-order chi connectivity index (χ0) is 15.4. The fourth-order valence-corrected chi connectivity index (χ4v) is 2.66. The molecule has 1 aromatic carbocycles. The molecule has 1 fully saturated rings. The molecule has 6 heteroatoms. The molecule has 1 aliphatic rings. The van der Waals surface area contributed by atoms with Crippen molar-refractivity contribution in [3.63, 3.8) is 0 Å². The minimum atomic E-state index is -1.53. The summed E-state index contributed by atoms with van der Waals surface area (Å²) in [4.78, 5) is 11.9. The monoisotopic (exact) mass is 300 g/mol. The number of carbonyl (C=O) groups is 1. The molecule has 0 radical (unpaired) electrons. The van der Waals surface area contributed by atoms with Crippen LogP contribution in [0, 0.1) is 29.3 Å². The second-order valence-electron chi connectivity index (χ2n) is 5.59. The van der Waals surface area contributed by atoms with Crippen molar-refractivity contribution in [1.82, 2.24) is 5.32 Å². The molecule has 0 bridgehead atoms. The van der Waals surface area contributed by atoms with Crippen LogP contribution in [0.15, 0.2) is 12.1 Å². The molecule has 0 saturated carbocycles. The highest BCUT2D eigenvalue weighted by Gasteiger charge is 2.22. The lowest BCUT2D eigenvalue weighted by atomic mass is 9.85. The Bertz CT molecular complexity index is 493. The number of halogens is 3. The molecule has 2 atom stereocenters. The Kier molecular flexibility index (Phi) is 5.22. The summed E-state index contributed by atoms with van der Waals surface area (Å²) in [5, 5.41) is 5.70. The molecule has 2 unspecified atom stereocenters. The van der Waals surface area contributed by atoms with E-state index in [1.807, 2.05) is 6.92 Å². The van der Waals surface area contributed by atoms with Gasteiger partial charge in [-0.1, -0.05) is 6.92 Å². The zero-order valence-electron chi connectivity index (χ0n) is 11.9. The van der Waals surface area contributed by atoms with E-state index in [0.29, 0.717) is 5.92 Å². The van der Waals surface area contributed by atoms with Crippen molar-refractivity contribution in [2.75, 3.05) is 18.4 Å². The molecule has 21 heavy (non-hydrogen) atoms. The Morgan fingerprint density at radius 1 is 1.38 bits per heavy atom. The van der Waals surface area contributed by atoms with Crippen LogP contribution in [0.25, 0.3) is 0 Å².